The zero-order chi connectivity index (χ0) is 11.5. The van der Waals surface area contributed by atoms with Gasteiger partial charge >= 0.3 is 0 Å². The topological polar surface area (TPSA) is 17.8 Å². The average molecular weight is 279 g/mol. The molecule has 0 fully saturated rings. The Bertz CT molecular complexity index is 474. The van der Waals surface area contributed by atoms with Crippen LogP contribution in [0.4, 0.5) is 0 Å². The van der Waals surface area contributed by atoms with E-state index in [0.29, 0.717) is 0 Å². The van der Waals surface area contributed by atoms with Crippen LogP contribution in [0.2, 0.25) is 0 Å². The Morgan fingerprint density at radius 1 is 1.19 bits per heavy atom. The van der Waals surface area contributed by atoms with Gasteiger partial charge in [0.2, 0.25) is 0 Å². The number of aromatic nitrogens is 2. The number of aryl methyl sites for hydroxylation is 2. The van der Waals surface area contributed by atoms with Crippen LogP contribution >= 0.6 is 15.9 Å². The lowest BCUT2D eigenvalue weighted by Gasteiger charge is -2.04. The largest absolute Gasteiger partial charge is 0.264 e. The second kappa shape index (κ2) is 4.83. The molecular weight excluding hydrogens is 264 g/mol. The fourth-order valence-corrected chi connectivity index (χ4v) is 2.61. The summed E-state index contributed by atoms with van der Waals surface area (Å²) in [4.78, 5) is 0. The zero-order valence-electron chi connectivity index (χ0n) is 9.57. The predicted octanol–water partition coefficient (Wildman–Crippen LogP) is 3.89. The third-order valence-electron chi connectivity index (χ3n) is 2.64. The number of benzene rings is 1. The molecule has 16 heavy (non-hydrogen) atoms. The zero-order valence-corrected chi connectivity index (χ0v) is 11.2. The van der Waals surface area contributed by atoms with E-state index < -0.39 is 0 Å². The van der Waals surface area contributed by atoms with Crippen molar-refractivity contribution < 1.29 is 0 Å². The highest BCUT2D eigenvalue weighted by molar-refractivity contribution is 9.10. The van der Waals surface area contributed by atoms with Gasteiger partial charge in [-0.25, -0.2) is 0 Å². The van der Waals surface area contributed by atoms with Crippen molar-refractivity contribution in [3.05, 3.63) is 40.5 Å². The van der Waals surface area contributed by atoms with Crippen LogP contribution in [0, 0.1) is 0 Å². The molecule has 0 atom stereocenters. The van der Waals surface area contributed by atoms with Gasteiger partial charge in [-0.05, 0) is 29.3 Å². The van der Waals surface area contributed by atoms with Crippen molar-refractivity contribution in [2.24, 2.45) is 0 Å². The van der Waals surface area contributed by atoms with Gasteiger partial charge in [0, 0.05) is 12.1 Å². The number of nitrogens with zero attached hydrogens (tertiary/aromatic N) is 2. The quantitative estimate of drug-likeness (QED) is 0.833. The van der Waals surface area contributed by atoms with E-state index in [0.717, 1.165) is 23.1 Å². The van der Waals surface area contributed by atoms with Crippen LogP contribution in [0.25, 0.3) is 11.3 Å². The lowest BCUT2D eigenvalue weighted by atomic mass is 10.1. The molecule has 1 heterocycles. The van der Waals surface area contributed by atoms with Gasteiger partial charge in [0.1, 0.15) is 0 Å². The maximum atomic E-state index is 4.59. The molecule has 0 amide bonds. The van der Waals surface area contributed by atoms with Crippen molar-refractivity contribution in [3.63, 3.8) is 0 Å². The van der Waals surface area contributed by atoms with Crippen LogP contribution in [0.15, 0.2) is 34.8 Å². The first-order chi connectivity index (χ1) is 7.77. The molecule has 0 N–H and O–H groups in total. The van der Waals surface area contributed by atoms with Gasteiger partial charge in [-0.3, -0.25) is 4.68 Å². The summed E-state index contributed by atoms with van der Waals surface area (Å²) < 4.78 is 3.18. The number of rotatable bonds is 3. The first-order valence-corrected chi connectivity index (χ1v) is 6.37. The summed E-state index contributed by atoms with van der Waals surface area (Å²) in [5.41, 5.74) is 3.52. The molecule has 84 valence electrons. The van der Waals surface area contributed by atoms with Crippen molar-refractivity contribution in [2.75, 3.05) is 0 Å². The Morgan fingerprint density at radius 3 is 2.44 bits per heavy atom. The molecular formula is C13H15BrN2. The number of hydrogen-bond donors (Lipinski definition) is 0. The van der Waals surface area contributed by atoms with Crippen molar-refractivity contribution in [2.45, 2.75) is 26.8 Å². The Kier molecular flexibility index (Phi) is 3.44. The van der Waals surface area contributed by atoms with Crippen molar-refractivity contribution in [1.29, 1.82) is 0 Å². The average Bonchev–Trinajstić information content (AvgIpc) is 2.66. The van der Waals surface area contributed by atoms with E-state index in [1.54, 1.807) is 0 Å². The minimum atomic E-state index is 0.892. The predicted molar refractivity (Wildman–Crippen MR) is 70.4 cm³/mol. The maximum Gasteiger partial charge on any atom is 0.0827 e. The molecule has 0 unspecified atom stereocenters. The molecule has 0 saturated heterocycles. The third-order valence-corrected chi connectivity index (χ3v) is 3.48. The smallest absolute Gasteiger partial charge is 0.0827 e. The Balaban J connectivity index is 2.59. The minimum absolute atomic E-state index is 0.892. The molecule has 0 spiro atoms. The molecule has 3 heteroatoms. The van der Waals surface area contributed by atoms with E-state index in [4.69, 9.17) is 0 Å². The van der Waals surface area contributed by atoms with Crippen molar-refractivity contribution in [1.82, 2.24) is 9.78 Å². The summed E-state index contributed by atoms with van der Waals surface area (Å²) >= 11 is 3.66. The van der Waals surface area contributed by atoms with Crippen LogP contribution in [-0.2, 0) is 13.0 Å². The Hall–Kier alpha value is -1.09. The minimum Gasteiger partial charge on any atom is -0.264 e. The van der Waals surface area contributed by atoms with Crippen molar-refractivity contribution >= 4 is 15.9 Å². The lowest BCUT2D eigenvalue weighted by Crippen LogP contribution is -1.99. The third kappa shape index (κ3) is 1.92. The van der Waals surface area contributed by atoms with Crippen LogP contribution in [0.1, 0.15) is 19.5 Å². The number of halogens is 1. The summed E-state index contributed by atoms with van der Waals surface area (Å²) in [6.45, 7) is 5.13. The van der Waals surface area contributed by atoms with Gasteiger partial charge < -0.3 is 0 Å². The molecule has 1 aromatic carbocycles. The molecule has 0 radical (unpaired) electrons. The van der Waals surface area contributed by atoms with E-state index in [2.05, 4.69) is 63.8 Å². The highest BCUT2D eigenvalue weighted by atomic mass is 79.9. The van der Waals surface area contributed by atoms with E-state index in [-0.39, 0.29) is 0 Å². The summed E-state index contributed by atoms with van der Waals surface area (Å²) in [5.74, 6) is 0. The van der Waals surface area contributed by atoms with Gasteiger partial charge in [-0.15, -0.1) is 0 Å². The molecule has 0 aliphatic heterocycles. The first kappa shape index (κ1) is 11.4. The Labute approximate surface area is 104 Å². The van der Waals surface area contributed by atoms with Gasteiger partial charge in [-0.1, -0.05) is 37.3 Å². The van der Waals surface area contributed by atoms with Crippen LogP contribution in [0.5, 0.6) is 0 Å². The van der Waals surface area contributed by atoms with E-state index >= 15 is 0 Å². The summed E-state index contributed by atoms with van der Waals surface area (Å²) in [5, 5.41) is 4.59. The van der Waals surface area contributed by atoms with E-state index in [9.17, 15) is 0 Å². The number of hydrogen-bond acceptors (Lipinski definition) is 1. The van der Waals surface area contributed by atoms with Gasteiger partial charge in [0.25, 0.3) is 0 Å². The molecule has 0 aliphatic carbocycles. The summed E-state index contributed by atoms with van der Waals surface area (Å²) in [6, 6.07) is 10.4. The highest BCUT2D eigenvalue weighted by Gasteiger charge is 2.14. The van der Waals surface area contributed by atoms with Crippen LogP contribution in [0.3, 0.4) is 0 Å². The van der Waals surface area contributed by atoms with Crippen LogP contribution in [-0.4, -0.2) is 9.78 Å². The van der Waals surface area contributed by atoms with Gasteiger partial charge in [0.15, 0.2) is 0 Å². The molecule has 2 aromatic rings. The lowest BCUT2D eigenvalue weighted by molar-refractivity contribution is 0.655. The molecule has 2 rings (SSSR count). The maximum absolute atomic E-state index is 4.59. The standard InChI is InChI=1S/C13H15BrN2/c1-3-11-12(14)13(16(4-2)15-11)10-8-6-5-7-9-10/h5-9H,3-4H2,1-2H3. The molecule has 1 aromatic heterocycles. The Morgan fingerprint density at radius 2 is 1.88 bits per heavy atom. The normalized spacial score (nSPS) is 10.7. The summed E-state index contributed by atoms with van der Waals surface area (Å²) in [6.07, 6.45) is 0.952. The second-order valence-electron chi connectivity index (χ2n) is 3.64. The molecule has 2 nitrogen and oxygen atoms in total. The summed E-state index contributed by atoms with van der Waals surface area (Å²) in [7, 11) is 0. The molecule has 0 bridgehead atoms. The molecule has 0 aliphatic rings. The fraction of sp³-hybridized carbons (Fsp3) is 0.308. The fourth-order valence-electron chi connectivity index (χ4n) is 1.82. The van der Waals surface area contributed by atoms with Gasteiger partial charge in [-0.2, -0.15) is 5.10 Å². The van der Waals surface area contributed by atoms with E-state index in [1.807, 2.05) is 6.07 Å². The van der Waals surface area contributed by atoms with Gasteiger partial charge in [0.05, 0.1) is 15.9 Å². The molecule has 0 saturated carbocycles. The second-order valence-corrected chi connectivity index (χ2v) is 4.44. The van der Waals surface area contributed by atoms with Crippen molar-refractivity contribution in [3.8, 4) is 11.3 Å². The SMILES string of the molecule is CCc1nn(CC)c(-c2ccccc2)c1Br. The first-order valence-electron chi connectivity index (χ1n) is 5.58. The highest BCUT2D eigenvalue weighted by Crippen LogP contribution is 2.31. The monoisotopic (exact) mass is 278 g/mol. The van der Waals surface area contributed by atoms with E-state index in [1.165, 1.54) is 11.3 Å². The van der Waals surface area contributed by atoms with Crippen LogP contribution < -0.4 is 0 Å².